The van der Waals surface area contributed by atoms with E-state index in [1.54, 1.807) is 19.9 Å². The topological polar surface area (TPSA) is 72.8 Å². The van der Waals surface area contributed by atoms with Crippen LogP contribution in [0.25, 0.3) is 6.08 Å². The highest BCUT2D eigenvalue weighted by Crippen LogP contribution is 2.14. The number of benzene rings is 1. The van der Waals surface area contributed by atoms with Gasteiger partial charge in [0, 0.05) is 11.1 Å². The Morgan fingerprint density at radius 3 is 2.09 bits per heavy atom. The Bertz CT molecular complexity index is 779. The molecule has 0 aromatic heterocycles. The molecule has 32 heavy (non-hydrogen) atoms. The lowest BCUT2D eigenvalue weighted by atomic mass is 10.1. The summed E-state index contributed by atoms with van der Waals surface area (Å²) in [4.78, 5) is 23.6. The molecule has 0 heterocycles. The number of carbonyl (C=O) groups excluding carboxylic acids is 2. The molecule has 0 amide bonds. The van der Waals surface area contributed by atoms with Crippen LogP contribution >= 0.6 is 0 Å². The molecule has 0 aliphatic rings. The van der Waals surface area contributed by atoms with E-state index in [4.69, 9.17) is 9.47 Å². The van der Waals surface area contributed by atoms with Crippen LogP contribution in [0.1, 0.15) is 25.8 Å². The van der Waals surface area contributed by atoms with Crippen molar-refractivity contribution >= 4 is 18.0 Å². The van der Waals surface area contributed by atoms with Crippen LogP contribution < -0.4 is 12.4 Å². The van der Waals surface area contributed by atoms with E-state index in [1.165, 1.54) is 11.6 Å². The van der Waals surface area contributed by atoms with E-state index in [9.17, 15) is 14.7 Å². The van der Waals surface area contributed by atoms with Crippen molar-refractivity contribution in [2.75, 3.05) is 27.7 Å². The molecule has 0 fully saturated rings. The van der Waals surface area contributed by atoms with E-state index in [1.807, 2.05) is 57.6 Å². The lowest BCUT2D eigenvalue weighted by Gasteiger charge is -2.34. The number of esters is 2. The molecule has 7 heteroatoms. The predicted molar refractivity (Wildman–Crippen MR) is 125 cm³/mol. The molecule has 6 nitrogen and oxygen atoms in total. The van der Waals surface area contributed by atoms with Crippen molar-refractivity contribution in [1.29, 1.82) is 0 Å². The molecule has 0 aliphatic heterocycles. The first kappa shape index (κ1) is 31.5. The molecule has 0 spiro atoms. The smallest absolute Gasteiger partial charge is 0.338 e. The van der Waals surface area contributed by atoms with Gasteiger partial charge in [-0.05, 0) is 25.8 Å². The number of rotatable bonds is 10. The number of quaternary nitrogens is 1. The zero-order chi connectivity index (χ0) is 24.0. The number of allylic oxidation sites excluding steroid dienone is 1. The molecule has 0 aliphatic carbocycles. The first-order valence-electron chi connectivity index (χ1n) is 9.94. The summed E-state index contributed by atoms with van der Waals surface area (Å²) >= 11 is 0. The third kappa shape index (κ3) is 12.9. The monoisotopic (exact) mass is 465 g/mol. The lowest BCUT2D eigenvalue weighted by molar-refractivity contribution is -0.920. The van der Waals surface area contributed by atoms with Crippen LogP contribution in [0.2, 0.25) is 0 Å². The van der Waals surface area contributed by atoms with Gasteiger partial charge in [-0.2, -0.15) is 0 Å². The Balaban J connectivity index is 0. The average Bonchev–Trinajstić information content (AvgIpc) is 2.73. The van der Waals surface area contributed by atoms with Crippen LogP contribution in [0.3, 0.4) is 0 Å². The standard InChI is InChI=1S/C17H28NO5.C8H8.ClH/c1-8-11-22-16(20)12(2)9-10-13(3)17(21)23-15(14(4)19)18(5,6)7;1-2-8-6-4-3-5-7-8;/h8-9,14-15,19H,1,3,10-11H2,2,4-7H3;2-7H,1H2;1H/q+1;;/p-1. The first-order valence-corrected chi connectivity index (χ1v) is 9.94. The van der Waals surface area contributed by atoms with E-state index < -0.39 is 24.3 Å². The number of hydrogen-bond acceptors (Lipinski definition) is 5. The first-order chi connectivity index (χ1) is 14.4. The second-order valence-corrected chi connectivity index (χ2v) is 7.85. The van der Waals surface area contributed by atoms with Gasteiger partial charge in [-0.15, -0.1) is 0 Å². The summed E-state index contributed by atoms with van der Waals surface area (Å²) in [5, 5.41) is 9.75. The van der Waals surface area contributed by atoms with Gasteiger partial charge in [0.1, 0.15) is 12.7 Å². The Morgan fingerprint density at radius 1 is 1.12 bits per heavy atom. The number of carbonyl (C=O) groups is 2. The van der Waals surface area contributed by atoms with E-state index in [0.717, 1.165) is 0 Å². The summed E-state index contributed by atoms with van der Waals surface area (Å²) in [6.45, 7) is 14.0. The minimum atomic E-state index is -0.821. The van der Waals surface area contributed by atoms with Gasteiger partial charge in [-0.3, -0.25) is 4.48 Å². The number of aliphatic hydroxyl groups is 1. The van der Waals surface area contributed by atoms with Gasteiger partial charge in [0.25, 0.3) is 6.23 Å². The Kier molecular flexibility index (Phi) is 15.8. The van der Waals surface area contributed by atoms with Crippen LogP contribution in [0.5, 0.6) is 0 Å². The molecule has 178 valence electrons. The Hall–Kier alpha value is -2.67. The fraction of sp³-hybridized carbons (Fsp3) is 0.360. The van der Waals surface area contributed by atoms with Gasteiger partial charge in [0.15, 0.2) is 0 Å². The number of aliphatic hydroxyl groups excluding tert-OH is 1. The summed E-state index contributed by atoms with van der Waals surface area (Å²) in [6, 6.07) is 10.0. The molecule has 1 N–H and O–H groups in total. The molecule has 1 aromatic carbocycles. The van der Waals surface area contributed by atoms with Gasteiger partial charge in [0.05, 0.1) is 21.1 Å². The van der Waals surface area contributed by atoms with E-state index >= 15 is 0 Å². The molecular formula is C25H36ClNO5. The maximum atomic E-state index is 12.1. The van der Waals surface area contributed by atoms with Crippen LogP contribution in [0, 0.1) is 0 Å². The summed E-state index contributed by atoms with van der Waals surface area (Å²) < 4.78 is 10.5. The lowest BCUT2D eigenvalue weighted by Crippen LogP contribution is -3.00. The van der Waals surface area contributed by atoms with Gasteiger partial charge in [0.2, 0.25) is 0 Å². The summed E-state index contributed by atoms with van der Waals surface area (Å²) in [5.41, 5.74) is 1.74. The highest BCUT2D eigenvalue weighted by atomic mass is 35.5. The molecule has 1 rings (SSSR count). The number of halogens is 1. The third-order valence-electron chi connectivity index (χ3n) is 4.04. The third-order valence-corrected chi connectivity index (χ3v) is 4.04. The van der Waals surface area contributed by atoms with Crippen LogP contribution in [-0.2, 0) is 19.1 Å². The summed E-state index contributed by atoms with van der Waals surface area (Å²) in [7, 11) is 5.44. The molecule has 1 aromatic rings. The minimum absolute atomic E-state index is 0. The van der Waals surface area contributed by atoms with Crippen molar-refractivity contribution in [1.82, 2.24) is 0 Å². The number of hydrogen-bond donors (Lipinski definition) is 1. The highest BCUT2D eigenvalue weighted by molar-refractivity contribution is 5.90. The van der Waals surface area contributed by atoms with Crippen molar-refractivity contribution in [3.63, 3.8) is 0 Å². The van der Waals surface area contributed by atoms with Gasteiger partial charge in [-0.25, -0.2) is 9.59 Å². The van der Waals surface area contributed by atoms with Crippen LogP contribution in [0.15, 0.2) is 73.4 Å². The Labute approximate surface area is 198 Å². The van der Waals surface area contributed by atoms with Crippen LogP contribution in [0.4, 0.5) is 0 Å². The minimum Gasteiger partial charge on any atom is -1.00 e. The second-order valence-electron chi connectivity index (χ2n) is 7.85. The molecule has 0 bridgehead atoms. The highest BCUT2D eigenvalue weighted by Gasteiger charge is 2.33. The van der Waals surface area contributed by atoms with Gasteiger partial charge in [-0.1, -0.05) is 68.3 Å². The largest absolute Gasteiger partial charge is 1.00 e. The molecule has 2 unspecified atom stereocenters. The fourth-order valence-corrected chi connectivity index (χ4v) is 2.38. The van der Waals surface area contributed by atoms with Crippen molar-refractivity contribution in [3.05, 3.63) is 78.9 Å². The van der Waals surface area contributed by atoms with Gasteiger partial charge < -0.3 is 27.0 Å². The van der Waals surface area contributed by atoms with Crippen molar-refractivity contribution < 1.29 is 41.1 Å². The van der Waals surface area contributed by atoms with E-state index in [0.29, 0.717) is 5.57 Å². The fourth-order valence-electron chi connectivity index (χ4n) is 2.38. The Morgan fingerprint density at radius 2 is 1.69 bits per heavy atom. The SMILES string of the molecule is C=CCOC(=O)C(C)=CCC(=C)C(=O)OC(C(C)O)[N+](C)(C)C.C=Cc1ccccc1.[Cl-]. The van der Waals surface area contributed by atoms with E-state index in [2.05, 4.69) is 19.7 Å². The maximum absolute atomic E-state index is 12.1. The number of likely N-dealkylation sites (N-methyl/N-ethyl adjacent to an activating group) is 1. The normalized spacial score (nSPS) is 12.6. The average molecular weight is 466 g/mol. The second kappa shape index (κ2) is 16.0. The molecule has 0 saturated heterocycles. The van der Waals surface area contributed by atoms with Crippen LogP contribution in [-0.4, -0.2) is 61.6 Å². The van der Waals surface area contributed by atoms with E-state index in [-0.39, 0.29) is 35.5 Å². The van der Waals surface area contributed by atoms with Gasteiger partial charge >= 0.3 is 11.9 Å². The number of ether oxygens (including phenoxy) is 2. The molecular weight excluding hydrogens is 430 g/mol. The quantitative estimate of drug-likeness (QED) is 0.183. The predicted octanol–water partition coefficient (Wildman–Crippen LogP) is 0.898. The van der Waals surface area contributed by atoms with Crippen molar-refractivity contribution in [3.8, 4) is 0 Å². The number of nitrogens with zero attached hydrogens (tertiary/aromatic N) is 1. The molecule has 0 radical (unpaired) electrons. The molecule has 0 saturated carbocycles. The zero-order valence-corrected chi connectivity index (χ0v) is 20.5. The van der Waals surface area contributed by atoms with Crippen molar-refractivity contribution in [2.24, 2.45) is 0 Å². The maximum Gasteiger partial charge on any atom is 0.338 e. The molecule has 2 atom stereocenters. The summed E-state index contributed by atoms with van der Waals surface area (Å²) in [5.74, 6) is -1.08. The van der Waals surface area contributed by atoms with Crippen molar-refractivity contribution in [2.45, 2.75) is 32.6 Å². The summed E-state index contributed by atoms with van der Waals surface area (Å²) in [6.07, 6.45) is 3.50. The zero-order valence-electron chi connectivity index (χ0n) is 19.7.